The number of nitrogens with zero attached hydrogens (tertiary/aromatic N) is 1. The summed E-state index contributed by atoms with van der Waals surface area (Å²) in [5.74, 6) is 0. The Kier molecular flexibility index (Phi) is 7.63. The lowest BCUT2D eigenvalue weighted by Gasteiger charge is -2.35. The SMILES string of the molecule is CCC1CCCCN1CCCNC(=S)Nc1cccc(Br)c1. The molecule has 2 rings (SSSR count). The van der Waals surface area contributed by atoms with Crippen molar-refractivity contribution < 1.29 is 0 Å². The van der Waals surface area contributed by atoms with E-state index in [0.717, 1.165) is 29.2 Å². The number of hydrogen-bond donors (Lipinski definition) is 2. The topological polar surface area (TPSA) is 27.3 Å². The number of hydrogen-bond acceptors (Lipinski definition) is 2. The van der Waals surface area contributed by atoms with Gasteiger partial charge in [0.05, 0.1) is 0 Å². The summed E-state index contributed by atoms with van der Waals surface area (Å²) < 4.78 is 1.05. The summed E-state index contributed by atoms with van der Waals surface area (Å²) in [5, 5.41) is 7.22. The van der Waals surface area contributed by atoms with E-state index in [1.54, 1.807) is 0 Å². The van der Waals surface area contributed by atoms with Gasteiger partial charge in [-0.3, -0.25) is 0 Å². The lowest BCUT2D eigenvalue weighted by Crippen LogP contribution is -2.40. The van der Waals surface area contributed by atoms with Gasteiger partial charge in [0.25, 0.3) is 0 Å². The van der Waals surface area contributed by atoms with Gasteiger partial charge < -0.3 is 15.5 Å². The summed E-state index contributed by atoms with van der Waals surface area (Å²) in [4.78, 5) is 2.65. The number of anilines is 1. The Morgan fingerprint density at radius 3 is 3.05 bits per heavy atom. The van der Waals surface area contributed by atoms with E-state index in [2.05, 4.69) is 38.4 Å². The second-order valence-electron chi connectivity index (χ2n) is 5.84. The zero-order valence-electron chi connectivity index (χ0n) is 13.3. The summed E-state index contributed by atoms with van der Waals surface area (Å²) in [7, 11) is 0. The molecular formula is C17H26BrN3S. The second kappa shape index (κ2) is 9.48. The number of rotatable bonds is 6. The zero-order valence-corrected chi connectivity index (χ0v) is 15.7. The smallest absolute Gasteiger partial charge is 0.170 e. The highest BCUT2D eigenvalue weighted by atomic mass is 79.9. The van der Waals surface area contributed by atoms with Crippen LogP contribution in [0.4, 0.5) is 5.69 Å². The van der Waals surface area contributed by atoms with E-state index in [0.29, 0.717) is 5.11 Å². The Labute approximate surface area is 148 Å². The number of halogens is 1. The van der Waals surface area contributed by atoms with Crippen molar-refractivity contribution in [1.82, 2.24) is 10.2 Å². The Hall–Kier alpha value is -0.650. The maximum atomic E-state index is 5.34. The molecular weight excluding hydrogens is 358 g/mol. The van der Waals surface area contributed by atoms with Crippen LogP contribution in [0.1, 0.15) is 39.0 Å². The van der Waals surface area contributed by atoms with Crippen LogP contribution in [0.2, 0.25) is 0 Å². The molecule has 1 unspecified atom stereocenters. The van der Waals surface area contributed by atoms with Gasteiger partial charge in [0, 0.05) is 29.3 Å². The molecule has 0 amide bonds. The van der Waals surface area contributed by atoms with Gasteiger partial charge in [-0.15, -0.1) is 0 Å². The van der Waals surface area contributed by atoms with Crippen LogP contribution in [0.3, 0.4) is 0 Å². The average Bonchev–Trinajstić information content (AvgIpc) is 2.52. The standard InChI is InChI=1S/C17H26BrN3S/c1-2-16-9-3-4-11-21(16)12-6-10-19-17(22)20-15-8-5-7-14(18)13-15/h5,7-8,13,16H,2-4,6,9-12H2,1H3,(H2,19,20,22). The molecule has 1 aliphatic heterocycles. The van der Waals surface area contributed by atoms with Gasteiger partial charge in [-0.25, -0.2) is 0 Å². The molecule has 1 saturated heterocycles. The van der Waals surface area contributed by atoms with Gasteiger partial charge in [0.2, 0.25) is 0 Å². The fourth-order valence-corrected chi connectivity index (χ4v) is 3.66. The van der Waals surface area contributed by atoms with E-state index < -0.39 is 0 Å². The van der Waals surface area contributed by atoms with Crippen LogP contribution < -0.4 is 10.6 Å². The molecule has 122 valence electrons. The van der Waals surface area contributed by atoms with Crippen molar-refractivity contribution in [2.24, 2.45) is 0 Å². The molecule has 0 saturated carbocycles. The first-order chi connectivity index (χ1) is 10.7. The van der Waals surface area contributed by atoms with Crippen LogP contribution in [-0.2, 0) is 0 Å². The first-order valence-corrected chi connectivity index (χ1v) is 9.43. The fraction of sp³-hybridized carbons (Fsp3) is 0.588. The summed E-state index contributed by atoms with van der Waals surface area (Å²) in [5.41, 5.74) is 1.01. The molecule has 1 aliphatic rings. The Morgan fingerprint density at radius 2 is 2.27 bits per heavy atom. The lowest BCUT2D eigenvalue weighted by atomic mass is 10.00. The third kappa shape index (κ3) is 5.86. The number of nitrogens with one attached hydrogen (secondary N) is 2. The van der Waals surface area contributed by atoms with Crippen molar-refractivity contribution in [2.45, 2.75) is 45.1 Å². The molecule has 0 aromatic heterocycles. The molecule has 0 radical (unpaired) electrons. The van der Waals surface area contributed by atoms with Gasteiger partial charge >= 0.3 is 0 Å². The van der Waals surface area contributed by atoms with Crippen LogP contribution in [-0.4, -0.2) is 35.7 Å². The monoisotopic (exact) mass is 383 g/mol. The minimum absolute atomic E-state index is 0.698. The fourth-order valence-electron chi connectivity index (χ4n) is 3.04. The van der Waals surface area contributed by atoms with Gasteiger partial charge in [-0.1, -0.05) is 35.3 Å². The summed E-state index contributed by atoms with van der Waals surface area (Å²) in [6, 6.07) is 8.83. The lowest BCUT2D eigenvalue weighted by molar-refractivity contribution is 0.143. The molecule has 1 heterocycles. The molecule has 5 heteroatoms. The molecule has 22 heavy (non-hydrogen) atoms. The van der Waals surface area contributed by atoms with E-state index in [1.807, 2.05) is 24.3 Å². The van der Waals surface area contributed by atoms with Gasteiger partial charge in [-0.05, 0) is 62.6 Å². The maximum absolute atomic E-state index is 5.34. The maximum Gasteiger partial charge on any atom is 0.170 e. The first kappa shape index (κ1) is 17.7. The molecule has 1 atom stereocenters. The molecule has 2 N–H and O–H groups in total. The Bertz CT molecular complexity index is 481. The summed E-state index contributed by atoms with van der Waals surface area (Å²) in [6.07, 6.45) is 6.53. The normalized spacial score (nSPS) is 18.9. The highest BCUT2D eigenvalue weighted by Gasteiger charge is 2.19. The Balaban J connectivity index is 1.64. The quantitative estimate of drug-likeness (QED) is 0.562. The van der Waals surface area contributed by atoms with Crippen molar-refractivity contribution in [1.29, 1.82) is 0 Å². The third-order valence-corrected chi connectivity index (χ3v) is 4.95. The van der Waals surface area contributed by atoms with E-state index in [9.17, 15) is 0 Å². The number of thiocarbonyl (C=S) groups is 1. The predicted molar refractivity (Wildman–Crippen MR) is 102 cm³/mol. The second-order valence-corrected chi connectivity index (χ2v) is 7.16. The minimum Gasteiger partial charge on any atom is -0.362 e. The zero-order chi connectivity index (χ0) is 15.8. The Morgan fingerprint density at radius 1 is 1.41 bits per heavy atom. The number of likely N-dealkylation sites (tertiary alicyclic amines) is 1. The summed E-state index contributed by atoms with van der Waals surface area (Å²) >= 11 is 8.81. The van der Waals surface area contributed by atoms with Crippen LogP contribution >= 0.6 is 28.1 Å². The van der Waals surface area contributed by atoms with Crippen LogP contribution in [0.25, 0.3) is 0 Å². The van der Waals surface area contributed by atoms with Crippen molar-refractivity contribution in [2.75, 3.05) is 25.0 Å². The molecule has 0 aliphatic carbocycles. The minimum atomic E-state index is 0.698. The molecule has 3 nitrogen and oxygen atoms in total. The van der Waals surface area contributed by atoms with Gasteiger partial charge in [-0.2, -0.15) is 0 Å². The van der Waals surface area contributed by atoms with Crippen molar-refractivity contribution in [3.05, 3.63) is 28.7 Å². The largest absolute Gasteiger partial charge is 0.362 e. The van der Waals surface area contributed by atoms with Crippen LogP contribution in [0.15, 0.2) is 28.7 Å². The highest BCUT2D eigenvalue weighted by molar-refractivity contribution is 9.10. The van der Waals surface area contributed by atoms with E-state index >= 15 is 0 Å². The van der Waals surface area contributed by atoms with E-state index in [1.165, 1.54) is 38.8 Å². The van der Waals surface area contributed by atoms with Gasteiger partial charge in [0.1, 0.15) is 0 Å². The van der Waals surface area contributed by atoms with Crippen molar-refractivity contribution in [3.8, 4) is 0 Å². The average molecular weight is 384 g/mol. The molecule has 1 fully saturated rings. The third-order valence-electron chi connectivity index (χ3n) is 4.21. The van der Waals surface area contributed by atoms with E-state index in [4.69, 9.17) is 12.2 Å². The van der Waals surface area contributed by atoms with E-state index in [-0.39, 0.29) is 0 Å². The van der Waals surface area contributed by atoms with Gasteiger partial charge in [0.15, 0.2) is 5.11 Å². The number of benzene rings is 1. The predicted octanol–water partition coefficient (Wildman–Crippen LogP) is 4.39. The molecule has 1 aromatic carbocycles. The molecule has 0 bridgehead atoms. The summed E-state index contributed by atoms with van der Waals surface area (Å²) in [6.45, 7) is 5.66. The van der Waals surface area contributed by atoms with Crippen LogP contribution in [0, 0.1) is 0 Å². The molecule has 1 aromatic rings. The highest BCUT2D eigenvalue weighted by Crippen LogP contribution is 2.19. The van der Waals surface area contributed by atoms with Crippen molar-refractivity contribution >= 4 is 38.9 Å². The van der Waals surface area contributed by atoms with Crippen molar-refractivity contribution in [3.63, 3.8) is 0 Å². The number of piperidine rings is 1. The van der Waals surface area contributed by atoms with Crippen LogP contribution in [0.5, 0.6) is 0 Å². The first-order valence-electron chi connectivity index (χ1n) is 8.23. The molecule has 0 spiro atoms.